The fourth-order valence-electron chi connectivity index (χ4n) is 3.57. The van der Waals surface area contributed by atoms with Gasteiger partial charge in [0.2, 0.25) is 0 Å². The van der Waals surface area contributed by atoms with Gasteiger partial charge in [0.25, 0.3) is 0 Å². The van der Waals surface area contributed by atoms with E-state index in [1.165, 1.54) is 18.9 Å². The molecule has 0 bridgehead atoms. The topological polar surface area (TPSA) is 34.0 Å². The molecule has 3 heterocycles. The van der Waals surface area contributed by atoms with Crippen LogP contribution in [0.25, 0.3) is 0 Å². The van der Waals surface area contributed by atoms with Crippen molar-refractivity contribution in [1.29, 1.82) is 0 Å². The molecule has 0 N–H and O–H groups in total. The van der Waals surface area contributed by atoms with Gasteiger partial charge in [-0.3, -0.25) is 0 Å². The molecule has 0 aromatic carbocycles. The predicted octanol–water partition coefficient (Wildman–Crippen LogP) is 4.09. The maximum atomic E-state index is 12.9. The van der Waals surface area contributed by atoms with Crippen LogP contribution in [0.1, 0.15) is 43.1 Å². The van der Waals surface area contributed by atoms with E-state index in [0.717, 1.165) is 43.7 Å². The third-order valence-corrected chi connectivity index (χ3v) is 5.03. The number of nitrogens with zero attached hydrogens (tertiary/aromatic N) is 4. The van der Waals surface area contributed by atoms with Gasteiger partial charge >= 0.3 is 6.18 Å². The van der Waals surface area contributed by atoms with Crippen molar-refractivity contribution in [2.24, 2.45) is 5.92 Å². The van der Waals surface area contributed by atoms with Gasteiger partial charge in [0.05, 0.1) is 0 Å². The number of hydrogen-bond acceptors (Lipinski definition) is 3. The second-order valence-electron chi connectivity index (χ2n) is 7.05. The van der Waals surface area contributed by atoms with Gasteiger partial charge < -0.3 is 9.47 Å². The summed E-state index contributed by atoms with van der Waals surface area (Å²) in [6.45, 7) is 2.40. The molecule has 0 spiro atoms. The average Bonchev–Trinajstić information content (AvgIpc) is 3.29. The summed E-state index contributed by atoms with van der Waals surface area (Å²) in [6.07, 6.45) is 3.95. The molecule has 1 aliphatic heterocycles. The minimum Gasteiger partial charge on any atom is -0.356 e. The van der Waals surface area contributed by atoms with Crippen LogP contribution in [0.4, 0.5) is 19.0 Å². The molecule has 1 saturated carbocycles. The van der Waals surface area contributed by atoms with E-state index in [9.17, 15) is 13.2 Å². The molecule has 2 fully saturated rings. The number of piperidine rings is 1. The first kappa shape index (κ1) is 16.4. The quantitative estimate of drug-likeness (QED) is 0.833. The lowest BCUT2D eigenvalue weighted by atomic mass is 9.97. The first-order valence-electron chi connectivity index (χ1n) is 8.81. The molecule has 2 aliphatic rings. The van der Waals surface area contributed by atoms with Crippen LogP contribution in [0.15, 0.2) is 30.6 Å². The Hall–Kier alpha value is -2.05. The maximum absolute atomic E-state index is 12.9. The molecule has 0 radical (unpaired) electrons. The first-order chi connectivity index (χ1) is 12.0. The number of pyridine rings is 1. The van der Waals surface area contributed by atoms with Crippen molar-refractivity contribution in [3.63, 3.8) is 0 Å². The van der Waals surface area contributed by atoms with E-state index in [4.69, 9.17) is 0 Å². The van der Waals surface area contributed by atoms with Crippen molar-refractivity contribution in [2.45, 2.75) is 44.3 Å². The van der Waals surface area contributed by atoms with E-state index >= 15 is 0 Å². The SMILES string of the molecule is FC(F)(F)c1cccc(N2CCCC(c3nccn3CC3CC3)C2)n1. The highest BCUT2D eigenvalue weighted by atomic mass is 19.4. The van der Waals surface area contributed by atoms with E-state index in [0.29, 0.717) is 12.4 Å². The Morgan fingerprint density at radius 3 is 2.76 bits per heavy atom. The first-order valence-corrected chi connectivity index (χ1v) is 8.81. The molecular weight excluding hydrogens is 329 g/mol. The number of imidazole rings is 1. The third kappa shape index (κ3) is 3.65. The van der Waals surface area contributed by atoms with Crippen molar-refractivity contribution in [1.82, 2.24) is 14.5 Å². The standard InChI is InChI=1S/C18H21F3N4/c19-18(20,21)15-4-1-5-16(23-15)24-9-2-3-14(12-24)17-22-8-10-25(17)11-13-6-7-13/h1,4-5,8,10,13-14H,2-3,6-7,9,11-12H2. The van der Waals surface area contributed by atoms with Crippen LogP contribution < -0.4 is 4.90 Å². The molecule has 25 heavy (non-hydrogen) atoms. The number of aromatic nitrogens is 3. The highest BCUT2D eigenvalue weighted by Crippen LogP contribution is 2.34. The van der Waals surface area contributed by atoms with E-state index in [1.54, 1.807) is 6.07 Å². The zero-order valence-corrected chi connectivity index (χ0v) is 13.9. The second-order valence-corrected chi connectivity index (χ2v) is 7.05. The molecule has 4 rings (SSSR count). The Morgan fingerprint density at radius 2 is 2.00 bits per heavy atom. The lowest BCUT2D eigenvalue weighted by Gasteiger charge is -2.33. The summed E-state index contributed by atoms with van der Waals surface area (Å²) in [7, 11) is 0. The average molecular weight is 350 g/mol. The van der Waals surface area contributed by atoms with Gasteiger partial charge in [0.15, 0.2) is 0 Å². The van der Waals surface area contributed by atoms with Crippen molar-refractivity contribution in [3.05, 3.63) is 42.1 Å². The summed E-state index contributed by atoms with van der Waals surface area (Å²) in [5.74, 6) is 2.46. The molecule has 4 nitrogen and oxygen atoms in total. The molecule has 1 aliphatic carbocycles. The van der Waals surface area contributed by atoms with Gasteiger partial charge in [-0.15, -0.1) is 0 Å². The molecule has 7 heteroatoms. The summed E-state index contributed by atoms with van der Waals surface area (Å²) < 4.78 is 41.0. The fourth-order valence-corrected chi connectivity index (χ4v) is 3.57. The van der Waals surface area contributed by atoms with Gasteiger partial charge in [-0.1, -0.05) is 6.07 Å². The number of halogens is 3. The fraction of sp³-hybridized carbons (Fsp3) is 0.556. The van der Waals surface area contributed by atoms with Crippen LogP contribution >= 0.6 is 0 Å². The summed E-state index contributed by atoms with van der Waals surface area (Å²) in [5, 5.41) is 0. The molecule has 0 amide bonds. The lowest BCUT2D eigenvalue weighted by Crippen LogP contribution is -2.36. The number of rotatable bonds is 4. The zero-order chi connectivity index (χ0) is 17.4. The molecule has 1 saturated heterocycles. The monoisotopic (exact) mass is 350 g/mol. The predicted molar refractivity (Wildman–Crippen MR) is 88.4 cm³/mol. The van der Waals surface area contributed by atoms with Gasteiger partial charge in [-0.25, -0.2) is 9.97 Å². The van der Waals surface area contributed by atoms with E-state index < -0.39 is 11.9 Å². The van der Waals surface area contributed by atoms with Gasteiger partial charge in [0.1, 0.15) is 17.3 Å². The molecule has 2 aromatic heterocycles. The Kier molecular flexibility index (Phi) is 4.17. The Balaban J connectivity index is 1.52. The number of hydrogen-bond donors (Lipinski definition) is 0. The maximum Gasteiger partial charge on any atom is 0.433 e. The molecular formula is C18H21F3N4. The van der Waals surface area contributed by atoms with Crippen molar-refractivity contribution < 1.29 is 13.2 Å². The number of alkyl halides is 3. The van der Waals surface area contributed by atoms with Crippen LogP contribution in [0, 0.1) is 5.92 Å². The lowest BCUT2D eigenvalue weighted by molar-refractivity contribution is -0.141. The van der Waals surface area contributed by atoms with Crippen LogP contribution in [-0.2, 0) is 12.7 Å². The Labute approximate surface area is 144 Å². The minimum absolute atomic E-state index is 0.235. The second kappa shape index (κ2) is 6.35. The number of anilines is 1. The molecule has 2 aromatic rings. The third-order valence-electron chi connectivity index (χ3n) is 5.03. The van der Waals surface area contributed by atoms with Crippen molar-refractivity contribution in [3.8, 4) is 0 Å². The summed E-state index contributed by atoms with van der Waals surface area (Å²) in [6, 6.07) is 4.12. The Morgan fingerprint density at radius 1 is 1.16 bits per heavy atom. The normalized spacial score (nSPS) is 21.6. The molecule has 1 atom stereocenters. The zero-order valence-electron chi connectivity index (χ0n) is 13.9. The van der Waals surface area contributed by atoms with E-state index in [2.05, 4.69) is 14.5 Å². The van der Waals surface area contributed by atoms with Crippen LogP contribution in [0.5, 0.6) is 0 Å². The van der Waals surface area contributed by atoms with Gasteiger partial charge in [-0.2, -0.15) is 13.2 Å². The van der Waals surface area contributed by atoms with Gasteiger partial charge in [-0.05, 0) is 43.7 Å². The largest absolute Gasteiger partial charge is 0.433 e. The van der Waals surface area contributed by atoms with E-state index in [1.807, 2.05) is 17.3 Å². The van der Waals surface area contributed by atoms with Crippen LogP contribution in [-0.4, -0.2) is 27.6 Å². The summed E-state index contributed by atoms with van der Waals surface area (Å²) in [4.78, 5) is 10.3. The minimum atomic E-state index is -4.41. The molecule has 1 unspecified atom stereocenters. The Bertz CT molecular complexity index is 736. The van der Waals surface area contributed by atoms with Crippen LogP contribution in [0.2, 0.25) is 0 Å². The molecule has 134 valence electrons. The highest BCUT2D eigenvalue weighted by Gasteiger charge is 2.33. The smallest absolute Gasteiger partial charge is 0.356 e. The van der Waals surface area contributed by atoms with Crippen molar-refractivity contribution >= 4 is 5.82 Å². The summed E-state index contributed by atoms with van der Waals surface area (Å²) in [5.41, 5.74) is -0.831. The van der Waals surface area contributed by atoms with E-state index in [-0.39, 0.29) is 5.92 Å². The highest BCUT2D eigenvalue weighted by molar-refractivity contribution is 5.41. The van der Waals surface area contributed by atoms with Crippen LogP contribution in [0.3, 0.4) is 0 Å². The van der Waals surface area contributed by atoms with Crippen molar-refractivity contribution in [2.75, 3.05) is 18.0 Å². The van der Waals surface area contributed by atoms with Gasteiger partial charge in [0, 0.05) is 37.9 Å². The summed E-state index contributed by atoms with van der Waals surface area (Å²) >= 11 is 0.